The Hall–Kier alpha value is -3.16. The Morgan fingerprint density at radius 2 is 1.80 bits per heavy atom. The molecule has 0 radical (unpaired) electrons. The number of methoxy groups -OCH3 is 1. The van der Waals surface area contributed by atoms with Crippen molar-refractivity contribution in [1.29, 1.82) is 0 Å². The van der Waals surface area contributed by atoms with E-state index in [0.29, 0.717) is 23.4 Å². The Kier molecular flexibility index (Phi) is 5.82. The summed E-state index contributed by atoms with van der Waals surface area (Å²) in [5.74, 6) is 0.802. The SMILES string of the molecule is COc1cccc(C(=O)N2CC3CCC(C2)N3Cc2c(-c3ccc(Br)cc3)nc3ccccn23)c1. The van der Waals surface area contributed by atoms with Crippen LogP contribution >= 0.6 is 15.9 Å². The van der Waals surface area contributed by atoms with Crippen molar-refractivity contribution in [2.24, 2.45) is 0 Å². The van der Waals surface area contributed by atoms with Crippen LogP contribution in [0.15, 0.2) is 77.4 Å². The predicted molar refractivity (Wildman–Crippen MR) is 140 cm³/mol. The van der Waals surface area contributed by atoms with Crippen LogP contribution in [0.25, 0.3) is 16.9 Å². The number of piperazine rings is 1. The van der Waals surface area contributed by atoms with Gasteiger partial charge in [0.1, 0.15) is 11.4 Å². The number of nitrogens with zero attached hydrogens (tertiary/aromatic N) is 4. The van der Waals surface area contributed by atoms with Crippen molar-refractivity contribution < 1.29 is 9.53 Å². The Labute approximate surface area is 213 Å². The van der Waals surface area contributed by atoms with E-state index in [1.807, 2.05) is 35.2 Å². The number of rotatable bonds is 5. The Morgan fingerprint density at radius 1 is 1.03 bits per heavy atom. The number of ether oxygens (including phenoxy) is 1. The molecule has 0 aliphatic carbocycles. The lowest BCUT2D eigenvalue weighted by atomic mass is 10.1. The second kappa shape index (κ2) is 9.13. The second-order valence-corrected chi connectivity index (χ2v) is 10.3. The molecule has 6 nitrogen and oxygen atoms in total. The van der Waals surface area contributed by atoms with Crippen LogP contribution in [-0.2, 0) is 6.54 Å². The van der Waals surface area contributed by atoms with Gasteiger partial charge in [-0.05, 0) is 55.3 Å². The largest absolute Gasteiger partial charge is 0.497 e. The first-order valence-corrected chi connectivity index (χ1v) is 12.8. The molecule has 2 fully saturated rings. The molecular weight excluding hydrogens is 504 g/mol. The Bertz CT molecular complexity index is 1370. The minimum absolute atomic E-state index is 0.0887. The summed E-state index contributed by atoms with van der Waals surface area (Å²) in [7, 11) is 1.63. The number of carbonyl (C=O) groups is 1. The number of hydrogen-bond acceptors (Lipinski definition) is 4. The Balaban J connectivity index is 1.28. The number of benzene rings is 2. The lowest BCUT2D eigenvalue weighted by Gasteiger charge is -2.41. The summed E-state index contributed by atoms with van der Waals surface area (Å²) in [6.45, 7) is 2.31. The van der Waals surface area contributed by atoms with Gasteiger partial charge in [0.05, 0.1) is 18.5 Å². The highest BCUT2D eigenvalue weighted by Gasteiger charge is 2.42. The van der Waals surface area contributed by atoms with E-state index in [-0.39, 0.29) is 5.91 Å². The monoisotopic (exact) mass is 530 g/mol. The maximum absolute atomic E-state index is 13.3. The van der Waals surface area contributed by atoms with Crippen LogP contribution in [0.1, 0.15) is 28.9 Å². The molecule has 2 unspecified atom stereocenters. The van der Waals surface area contributed by atoms with Crippen molar-refractivity contribution in [2.45, 2.75) is 31.5 Å². The molecule has 2 atom stereocenters. The van der Waals surface area contributed by atoms with Crippen LogP contribution in [0.3, 0.4) is 0 Å². The van der Waals surface area contributed by atoms with E-state index in [1.165, 1.54) is 5.69 Å². The van der Waals surface area contributed by atoms with E-state index < -0.39 is 0 Å². The van der Waals surface area contributed by atoms with Gasteiger partial charge in [0, 0.05) is 53.5 Å². The molecule has 2 aliphatic rings. The summed E-state index contributed by atoms with van der Waals surface area (Å²) in [6, 6.07) is 22.7. The van der Waals surface area contributed by atoms with Crippen LogP contribution in [0.2, 0.25) is 0 Å². The first-order chi connectivity index (χ1) is 17.1. The van der Waals surface area contributed by atoms with Crippen LogP contribution in [-0.4, -0.2) is 57.4 Å². The zero-order chi connectivity index (χ0) is 23.9. The minimum atomic E-state index is 0.0887. The first-order valence-electron chi connectivity index (χ1n) is 12.0. The van der Waals surface area contributed by atoms with Gasteiger partial charge in [0.2, 0.25) is 0 Å². The number of imidazole rings is 1. The average molecular weight is 531 g/mol. The lowest BCUT2D eigenvalue weighted by Crippen LogP contribution is -2.54. The van der Waals surface area contributed by atoms with Gasteiger partial charge in [-0.3, -0.25) is 9.69 Å². The topological polar surface area (TPSA) is 50.1 Å². The van der Waals surface area contributed by atoms with E-state index in [2.05, 4.69) is 67.8 Å². The quantitative estimate of drug-likeness (QED) is 0.353. The highest BCUT2D eigenvalue weighted by molar-refractivity contribution is 9.10. The summed E-state index contributed by atoms with van der Waals surface area (Å²) in [5.41, 5.74) is 4.99. The molecule has 178 valence electrons. The van der Waals surface area contributed by atoms with Crippen LogP contribution in [0.5, 0.6) is 5.75 Å². The summed E-state index contributed by atoms with van der Waals surface area (Å²) in [5, 5.41) is 0. The molecule has 2 saturated heterocycles. The van der Waals surface area contributed by atoms with Crippen LogP contribution in [0.4, 0.5) is 0 Å². The second-order valence-electron chi connectivity index (χ2n) is 9.34. The van der Waals surface area contributed by atoms with Gasteiger partial charge < -0.3 is 14.0 Å². The maximum Gasteiger partial charge on any atom is 0.254 e. The molecule has 0 saturated carbocycles. The van der Waals surface area contributed by atoms with Gasteiger partial charge in [-0.15, -0.1) is 0 Å². The highest BCUT2D eigenvalue weighted by atomic mass is 79.9. The Morgan fingerprint density at radius 3 is 2.54 bits per heavy atom. The fourth-order valence-corrected chi connectivity index (χ4v) is 5.83. The van der Waals surface area contributed by atoms with Crippen molar-refractivity contribution in [3.8, 4) is 17.0 Å². The molecule has 6 rings (SSSR count). The van der Waals surface area contributed by atoms with Gasteiger partial charge in [-0.25, -0.2) is 4.98 Å². The maximum atomic E-state index is 13.3. The molecule has 0 spiro atoms. The molecule has 0 N–H and O–H groups in total. The molecule has 2 bridgehead atoms. The number of likely N-dealkylation sites (tertiary alicyclic amines) is 1. The summed E-state index contributed by atoms with van der Waals surface area (Å²) in [4.78, 5) is 22.9. The summed E-state index contributed by atoms with van der Waals surface area (Å²) < 4.78 is 8.59. The molecular formula is C28H27BrN4O2. The molecule has 7 heteroatoms. The number of fused-ring (bicyclic) bond motifs is 3. The third-order valence-corrected chi connectivity index (χ3v) is 7.84. The fourth-order valence-electron chi connectivity index (χ4n) is 5.56. The number of aromatic nitrogens is 2. The van der Waals surface area contributed by atoms with Gasteiger partial charge in [-0.1, -0.05) is 40.2 Å². The fraction of sp³-hybridized carbons (Fsp3) is 0.286. The first kappa shape index (κ1) is 22.3. The number of hydrogen-bond donors (Lipinski definition) is 0. The van der Waals surface area contributed by atoms with Gasteiger partial charge in [0.25, 0.3) is 5.91 Å². The number of pyridine rings is 1. The van der Waals surface area contributed by atoms with E-state index in [1.54, 1.807) is 7.11 Å². The van der Waals surface area contributed by atoms with Gasteiger partial charge in [-0.2, -0.15) is 0 Å². The van der Waals surface area contributed by atoms with E-state index in [4.69, 9.17) is 9.72 Å². The van der Waals surface area contributed by atoms with Crippen molar-refractivity contribution in [2.75, 3.05) is 20.2 Å². The smallest absolute Gasteiger partial charge is 0.254 e. The van der Waals surface area contributed by atoms with Crippen molar-refractivity contribution >= 4 is 27.5 Å². The number of amides is 1. The van der Waals surface area contributed by atoms with Gasteiger partial charge in [0.15, 0.2) is 0 Å². The molecule has 4 heterocycles. The number of halogens is 1. The van der Waals surface area contributed by atoms with E-state index in [9.17, 15) is 4.79 Å². The van der Waals surface area contributed by atoms with Crippen molar-refractivity contribution in [3.63, 3.8) is 0 Å². The van der Waals surface area contributed by atoms with Crippen molar-refractivity contribution in [1.82, 2.24) is 19.2 Å². The minimum Gasteiger partial charge on any atom is -0.497 e. The molecule has 2 aromatic carbocycles. The lowest BCUT2D eigenvalue weighted by molar-refractivity contribution is 0.0419. The molecule has 1 amide bonds. The molecule has 4 aromatic rings. The third-order valence-electron chi connectivity index (χ3n) is 7.32. The standard InChI is InChI=1S/C28H27BrN4O2/c1-35-24-6-4-5-20(15-24)28(34)31-16-22-12-13-23(17-31)33(22)18-25-27(19-8-10-21(29)11-9-19)30-26-7-2-3-14-32(25)26/h2-11,14-15,22-23H,12-13,16-18H2,1H3. The molecule has 2 aromatic heterocycles. The third kappa shape index (κ3) is 4.13. The van der Waals surface area contributed by atoms with Crippen LogP contribution < -0.4 is 4.74 Å². The van der Waals surface area contributed by atoms with E-state index in [0.717, 1.165) is 53.9 Å². The van der Waals surface area contributed by atoms with Crippen LogP contribution in [0, 0.1) is 0 Å². The molecule has 2 aliphatic heterocycles. The zero-order valence-electron chi connectivity index (χ0n) is 19.6. The number of carbonyl (C=O) groups excluding carboxylic acids is 1. The molecule has 35 heavy (non-hydrogen) atoms. The van der Waals surface area contributed by atoms with E-state index >= 15 is 0 Å². The summed E-state index contributed by atoms with van der Waals surface area (Å²) in [6.07, 6.45) is 4.32. The highest BCUT2D eigenvalue weighted by Crippen LogP contribution is 2.35. The normalized spacial score (nSPS) is 19.9. The zero-order valence-corrected chi connectivity index (χ0v) is 21.2. The predicted octanol–water partition coefficient (Wildman–Crippen LogP) is 5.26. The average Bonchev–Trinajstić information content (AvgIpc) is 3.36. The van der Waals surface area contributed by atoms with Gasteiger partial charge >= 0.3 is 0 Å². The summed E-state index contributed by atoms with van der Waals surface area (Å²) >= 11 is 3.54. The van der Waals surface area contributed by atoms with Crippen molar-refractivity contribution in [3.05, 3.63) is 88.7 Å².